The Morgan fingerprint density at radius 2 is 1.97 bits per heavy atom. The molecule has 3 aromatic rings. The standard InChI is InChI=1S/C23H27FN4O4S/c1-14-21-18(12-19(22(14)30-2)28-33(3,4)29)25-13-26-23(21)27-17-6-5-15(24)11-20(17)32-16-7-9-31-10-8-16/h5-6,11-13,16H,3,7-10H2,1-2,4H3,(H,28,29)(H,25,26,27). The summed E-state index contributed by atoms with van der Waals surface area (Å²) in [6.07, 6.45) is 4.37. The van der Waals surface area contributed by atoms with Crippen LogP contribution in [0.2, 0.25) is 0 Å². The maximum absolute atomic E-state index is 14.0. The van der Waals surface area contributed by atoms with E-state index in [2.05, 4.69) is 25.9 Å². The first-order valence-electron chi connectivity index (χ1n) is 10.5. The first kappa shape index (κ1) is 23.1. The lowest BCUT2D eigenvalue weighted by Crippen LogP contribution is -2.26. The molecule has 1 atom stereocenters. The van der Waals surface area contributed by atoms with Crippen molar-refractivity contribution in [2.24, 2.45) is 0 Å². The number of fused-ring (bicyclic) bond motifs is 1. The number of aryl methyl sites for hydroxylation is 1. The number of rotatable bonds is 7. The predicted molar refractivity (Wildman–Crippen MR) is 130 cm³/mol. The number of halogens is 1. The van der Waals surface area contributed by atoms with Gasteiger partial charge in [-0.1, -0.05) is 0 Å². The van der Waals surface area contributed by atoms with Gasteiger partial charge in [-0.2, -0.15) is 0 Å². The monoisotopic (exact) mass is 474 g/mol. The summed E-state index contributed by atoms with van der Waals surface area (Å²) in [5, 5.41) is 3.99. The molecule has 4 rings (SSSR count). The molecule has 1 fully saturated rings. The number of nitrogens with one attached hydrogen (secondary N) is 2. The summed E-state index contributed by atoms with van der Waals surface area (Å²) in [5.41, 5.74) is 2.47. The van der Waals surface area contributed by atoms with Crippen LogP contribution in [0.3, 0.4) is 0 Å². The van der Waals surface area contributed by atoms with Crippen LogP contribution in [0.4, 0.5) is 21.6 Å². The lowest BCUT2D eigenvalue weighted by Gasteiger charge is -2.25. The Kier molecular flexibility index (Phi) is 6.57. The zero-order chi connectivity index (χ0) is 23.6. The number of aromatic nitrogens is 2. The van der Waals surface area contributed by atoms with Gasteiger partial charge in [0.1, 0.15) is 35.6 Å². The van der Waals surface area contributed by atoms with Crippen molar-refractivity contribution in [3.63, 3.8) is 0 Å². The summed E-state index contributed by atoms with van der Waals surface area (Å²) >= 11 is 0. The molecule has 1 aromatic heterocycles. The first-order valence-corrected chi connectivity index (χ1v) is 12.6. The molecule has 33 heavy (non-hydrogen) atoms. The quantitative estimate of drug-likeness (QED) is 0.499. The fraction of sp³-hybridized carbons (Fsp3) is 0.348. The van der Waals surface area contributed by atoms with Gasteiger partial charge in [-0.05, 0) is 31.0 Å². The molecule has 1 aliphatic heterocycles. The lowest BCUT2D eigenvalue weighted by molar-refractivity contribution is 0.0257. The number of anilines is 3. The molecule has 0 bridgehead atoms. The summed E-state index contributed by atoms with van der Waals surface area (Å²) < 4.78 is 46.2. The van der Waals surface area contributed by atoms with Crippen molar-refractivity contribution in [3.8, 4) is 11.5 Å². The first-order chi connectivity index (χ1) is 15.7. The maximum Gasteiger partial charge on any atom is 0.146 e. The van der Waals surface area contributed by atoms with Crippen LogP contribution < -0.4 is 19.5 Å². The van der Waals surface area contributed by atoms with Crippen molar-refractivity contribution in [1.29, 1.82) is 0 Å². The van der Waals surface area contributed by atoms with E-state index in [9.17, 15) is 8.60 Å². The van der Waals surface area contributed by atoms with E-state index in [-0.39, 0.29) is 11.9 Å². The van der Waals surface area contributed by atoms with E-state index < -0.39 is 9.71 Å². The number of methoxy groups -OCH3 is 1. The molecule has 0 spiro atoms. The van der Waals surface area contributed by atoms with E-state index in [0.717, 1.165) is 18.4 Å². The number of ether oxygens (including phenoxy) is 3. The van der Waals surface area contributed by atoms with Crippen LogP contribution in [0.1, 0.15) is 18.4 Å². The second kappa shape index (κ2) is 9.40. The Balaban J connectivity index is 1.75. The highest BCUT2D eigenvalue weighted by Gasteiger charge is 2.20. The summed E-state index contributed by atoms with van der Waals surface area (Å²) in [6, 6.07) is 6.09. The fourth-order valence-corrected chi connectivity index (χ4v) is 4.48. The summed E-state index contributed by atoms with van der Waals surface area (Å²) in [5.74, 6) is 4.69. The molecule has 1 unspecified atom stereocenters. The minimum Gasteiger partial charge on any atom is -0.494 e. The Morgan fingerprint density at radius 1 is 1.21 bits per heavy atom. The van der Waals surface area contributed by atoms with Gasteiger partial charge in [0.15, 0.2) is 0 Å². The normalized spacial score (nSPS) is 16.2. The van der Waals surface area contributed by atoms with Crippen LogP contribution in [0.5, 0.6) is 11.5 Å². The van der Waals surface area contributed by atoms with E-state index in [0.29, 0.717) is 52.8 Å². The van der Waals surface area contributed by atoms with Crippen molar-refractivity contribution < 1.29 is 22.8 Å². The summed E-state index contributed by atoms with van der Waals surface area (Å²) in [4.78, 5) is 8.79. The van der Waals surface area contributed by atoms with E-state index in [1.54, 1.807) is 12.1 Å². The molecule has 0 amide bonds. The molecular weight excluding hydrogens is 447 g/mol. The molecule has 2 heterocycles. The summed E-state index contributed by atoms with van der Waals surface area (Å²) in [7, 11) is -0.989. The smallest absolute Gasteiger partial charge is 0.146 e. The molecule has 10 heteroatoms. The molecular formula is C23H27FN4O4S. The van der Waals surface area contributed by atoms with Crippen LogP contribution in [-0.2, 0) is 14.4 Å². The van der Waals surface area contributed by atoms with Crippen LogP contribution in [-0.4, -0.2) is 52.7 Å². The Hall–Kier alpha value is -3.11. The molecule has 8 nitrogen and oxygen atoms in total. The number of nitrogens with zero attached hydrogens (tertiary/aromatic N) is 2. The molecule has 2 aromatic carbocycles. The van der Waals surface area contributed by atoms with Crippen LogP contribution in [0.25, 0.3) is 10.9 Å². The zero-order valence-corrected chi connectivity index (χ0v) is 19.6. The minimum atomic E-state index is -2.53. The van der Waals surface area contributed by atoms with Crippen molar-refractivity contribution in [2.75, 3.05) is 36.6 Å². The second-order valence-electron chi connectivity index (χ2n) is 8.00. The molecule has 1 saturated heterocycles. The van der Waals surface area contributed by atoms with Gasteiger partial charge in [0.05, 0.1) is 37.2 Å². The van der Waals surface area contributed by atoms with Gasteiger partial charge in [0.25, 0.3) is 0 Å². The summed E-state index contributed by atoms with van der Waals surface area (Å²) in [6.45, 7) is 3.10. The van der Waals surface area contributed by atoms with E-state index in [1.807, 2.05) is 6.92 Å². The highest BCUT2D eigenvalue weighted by molar-refractivity contribution is 8.00. The average Bonchev–Trinajstić information content (AvgIpc) is 2.75. The molecule has 176 valence electrons. The third-order valence-electron chi connectivity index (χ3n) is 5.31. The largest absolute Gasteiger partial charge is 0.494 e. The Morgan fingerprint density at radius 3 is 2.67 bits per heavy atom. The van der Waals surface area contributed by atoms with Crippen LogP contribution in [0.15, 0.2) is 30.6 Å². The molecule has 1 aliphatic rings. The minimum absolute atomic E-state index is 0.0507. The molecule has 0 saturated carbocycles. The third-order valence-corrected chi connectivity index (χ3v) is 5.96. The van der Waals surface area contributed by atoms with Crippen molar-refractivity contribution >= 4 is 43.7 Å². The molecule has 2 N–H and O–H groups in total. The fourth-order valence-electron chi connectivity index (χ4n) is 3.86. The third kappa shape index (κ3) is 5.28. The number of hydrogen-bond acceptors (Lipinski definition) is 7. The van der Waals surface area contributed by atoms with Crippen molar-refractivity contribution in [3.05, 3.63) is 42.0 Å². The maximum atomic E-state index is 14.0. The van der Waals surface area contributed by atoms with E-state index >= 15 is 0 Å². The van der Waals surface area contributed by atoms with Gasteiger partial charge in [-0.15, -0.1) is 0 Å². The Labute approximate surface area is 192 Å². The van der Waals surface area contributed by atoms with Gasteiger partial charge in [0, 0.05) is 45.8 Å². The van der Waals surface area contributed by atoms with Crippen LogP contribution in [0, 0.1) is 12.7 Å². The van der Waals surface area contributed by atoms with Gasteiger partial charge in [0.2, 0.25) is 0 Å². The van der Waals surface area contributed by atoms with Gasteiger partial charge in [-0.3, -0.25) is 0 Å². The van der Waals surface area contributed by atoms with Gasteiger partial charge < -0.3 is 24.2 Å². The highest BCUT2D eigenvalue weighted by Crippen LogP contribution is 2.39. The van der Waals surface area contributed by atoms with E-state index in [4.69, 9.17) is 14.2 Å². The number of hydrogen-bond donors (Lipinski definition) is 2. The Bertz CT molecular complexity index is 1280. The topological polar surface area (TPSA) is 94.6 Å². The highest BCUT2D eigenvalue weighted by atomic mass is 32.2. The lowest BCUT2D eigenvalue weighted by atomic mass is 10.1. The van der Waals surface area contributed by atoms with Gasteiger partial charge in [-0.25, -0.2) is 18.6 Å². The zero-order valence-electron chi connectivity index (χ0n) is 18.8. The second-order valence-corrected chi connectivity index (χ2v) is 10.2. The van der Waals surface area contributed by atoms with Crippen molar-refractivity contribution in [1.82, 2.24) is 9.97 Å². The SMILES string of the molecule is C=S(C)(=O)Nc1cc2ncnc(Nc3ccc(F)cc3OC3CCOCC3)c2c(C)c1OC. The van der Waals surface area contributed by atoms with Crippen LogP contribution >= 0.6 is 0 Å². The predicted octanol–water partition coefficient (Wildman–Crippen LogP) is 4.06. The van der Waals surface area contributed by atoms with Gasteiger partial charge >= 0.3 is 0 Å². The number of benzene rings is 2. The van der Waals surface area contributed by atoms with E-state index in [1.165, 1.54) is 31.8 Å². The average molecular weight is 475 g/mol. The molecule has 0 radical (unpaired) electrons. The van der Waals surface area contributed by atoms with Crippen molar-refractivity contribution in [2.45, 2.75) is 25.9 Å². The molecule has 0 aliphatic carbocycles.